The van der Waals surface area contributed by atoms with Crippen molar-refractivity contribution in [2.45, 2.75) is 78.9 Å². The van der Waals surface area contributed by atoms with Crippen molar-refractivity contribution in [2.24, 2.45) is 0 Å². The molecule has 1 aliphatic carbocycles. The van der Waals surface area contributed by atoms with Gasteiger partial charge < -0.3 is 0 Å². The van der Waals surface area contributed by atoms with E-state index in [0.29, 0.717) is 5.25 Å². The molecular formula is C31H42S. The Kier molecular flexibility index (Phi) is 9.64. The summed E-state index contributed by atoms with van der Waals surface area (Å²) in [6.45, 7) is 26.3. The van der Waals surface area contributed by atoms with E-state index in [4.69, 9.17) is 0 Å². The molecule has 0 bridgehead atoms. The average molecular weight is 447 g/mol. The van der Waals surface area contributed by atoms with Crippen molar-refractivity contribution in [3.05, 3.63) is 99.7 Å². The topological polar surface area (TPSA) is 0 Å². The van der Waals surface area contributed by atoms with Crippen LogP contribution in [0.5, 0.6) is 0 Å². The van der Waals surface area contributed by atoms with Gasteiger partial charge in [0.2, 0.25) is 0 Å². The van der Waals surface area contributed by atoms with Crippen molar-refractivity contribution in [2.75, 3.05) is 6.26 Å². The molecule has 1 aromatic rings. The molecule has 0 spiro atoms. The molecule has 0 fully saturated rings. The Hall–Kier alpha value is -1.99. The summed E-state index contributed by atoms with van der Waals surface area (Å²) in [5, 5.41) is 0.391. The van der Waals surface area contributed by atoms with Gasteiger partial charge in [0.15, 0.2) is 0 Å². The molecule has 172 valence electrons. The lowest BCUT2D eigenvalue weighted by Crippen LogP contribution is -2.09. The Morgan fingerprint density at radius 3 is 2.34 bits per heavy atom. The number of fused-ring (bicyclic) bond motifs is 1. The monoisotopic (exact) mass is 446 g/mol. The Balaban J connectivity index is 2.66. The van der Waals surface area contributed by atoms with E-state index in [1.807, 2.05) is 17.8 Å². The zero-order valence-corrected chi connectivity index (χ0v) is 22.3. The average Bonchev–Trinajstić information content (AvgIpc) is 2.78. The van der Waals surface area contributed by atoms with Crippen molar-refractivity contribution in [3.63, 3.8) is 0 Å². The highest BCUT2D eigenvalue weighted by Gasteiger charge is 2.22. The largest absolute Gasteiger partial charge is 0.157 e. The molecule has 1 aliphatic rings. The predicted octanol–water partition coefficient (Wildman–Crippen LogP) is 9.51. The highest BCUT2D eigenvalue weighted by atomic mass is 32.2. The second kappa shape index (κ2) is 11.8. The van der Waals surface area contributed by atoms with Gasteiger partial charge in [-0.1, -0.05) is 49.9 Å². The molecule has 1 aromatic carbocycles. The van der Waals surface area contributed by atoms with Gasteiger partial charge >= 0.3 is 0 Å². The number of benzene rings is 1. The van der Waals surface area contributed by atoms with Gasteiger partial charge in [-0.2, -0.15) is 11.8 Å². The van der Waals surface area contributed by atoms with Crippen LogP contribution in [0.4, 0.5) is 0 Å². The van der Waals surface area contributed by atoms with Crippen LogP contribution in [0.25, 0.3) is 5.57 Å². The second-order valence-corrected chi connectivity index (χ2v) is 10.3. The lowest BCUT2D eigenvalue weighted by molar-refractivity contribution is 0.806. The maximum absolute atomic E-state index is 4.62. The minimum Gasteiger partial charge on any atom is -0.157 e. The van der Waals surface area contributed by atoms with E-state index in [1.54, 1.807) is 5.56 Å². The van der Waals surface area contributed by atoms with E-state index in [2.05, 4.69) is 85.7 Å². The summed E-state index contributed by atoms with van der Waals surface area (Å²) in [5.41, 5.74) is 15.0. The summed E-state index contributed by atoms with van der Waals surface area (Å²) in [7, 11) is 0. The smallest absolute Gasteiger partial charge is 0.0269 e. The van der Waals surface area contributed by atoms with Crippen LogP contribution in [0.15, 0.2) is 77.5 Å². The molecular weight excluding hydrogens is 404 g/mol. The molecule has 0 radical (unpaired) electrons. The number of hydrogen-bond donors (Lipinski definition) is 0. The van der Waals surface area contributed by atoms with Crippen LogP contribution < -0.4 is 0 Å². The summed E-state index contributed by atoms with van der Waals surface area (Å²) < 4.78 is 0. The fourth-order valence-electron chi connectivity index (χ4n) is 4.91. The minimum absolute atomic E-state index is 0.391. The van der Waals surface area contributed by atoms with Gasteiger partial charge in [-0.25, -0.2) is 0 Å². The third kappa shape index (κ3) is 5.67. The minimum atomic E-state index is 0.391. The molecule has 0 N–H and O–H groups in total. The van der Waals surface area contributed by atoms with Gasteiger partial charge in [-0.3, -0.25) is 0 Å². The van der Waals surface area contributed by atoms with Gasteiger partial charge in [-0.15, -0.1) is 6.58 Å². The van der Waals surface area contributed by atoms with Gasteiger partial charge in [0.25, 0.3) is 0 Å². The highest BCUT2D eigenvalue weighted by Crippen LogP contribution is 2.41. The molecule has 0 aromatic heterocycles. The summed E-state index contributed by atoms with van der Waals surface area (Å²) in [6.07, 6.45) is 11.9. The maximum atomic E-state index is 4.62. The van der Waals surface area contributed by atoms with Gasteiger partial charge in [-0.05, 0) is 129 Å². The Labute approximate surface area is 202 Å². The number of allylic oxidation sites excluding steroid dienone is 8. The van der Waals surface area contributed by atoms with E-state index in [-0.39, 0.29) is 0 Å². The lowest BCUT2D eigenvalue weighted by atomic mass is 9.78. The third-order valence-electron chi connectivity index (χ3n) is 6.84. The summed E-state index contributed by atoms with van der Waals surface area (Å²) >= 11 is 1.88. The first-order chi connectivity index (χ1) is 15.2. The van der Waals surface area contributed by atoms with E-state index in [1.165, 1.54) is 63.0 Å². The van der Waals surface area contributed by atoms with Crippen LogP contribution in [0, 0.1) is 13.8 Å². The zero-order valence-electron chi connectivity index (χ0n) is 21.5. The fraction of sp³-hybridized carbons (Fsp3) is 0.419. The van der Waals surface area contributed by atoms with E-state index >= 15 is 0 Å². The molecule has 0 saturated heterocycles. The first-order valence-corrected chi connectivity index (χ1v) is 13.2. The standard InChI is InChI=1S/C31H42S/c1-11-14-27(20(3)4)30(25(9)32-10)19-23(7)24(8)26(12-2)29-16-13-15-28-21(5)17-18-22(6)31(28)29/h11,17-19,25H,1,3,8,12-16H2,2,4-7,9-10H3/b23-19+,29-26-,30-27+. The normalized spacial score (nSPS) is 17.3. The first-order valence-electron chi connectivity index (χ1n) is 11.9. The van der Waals surface area contributed by atoms with E-state index in [9.17, 15) is 0 Å². The molecule has 1 heteroatoms. The van der Waals surface area contributed by atoms with Crippen molar-refractivity contribution < 1.29 is 0 Å². The molecule has 0 aliphatic heterocycles. The van der Waals surface area contributed by atoms with Gasteiger partial charge in [0.1, 0.15) is 0 Å². The maximum Gasteiger partial charge on any atom is 0.0269 e. The molecule has 0 nitrogen and oxygen atoms in total. The summed E-state index contributed by atoms with van der Waals surface area (Å²) in [6, 6.07) is 4.57. The lowest BCUT2D eigenvalue weighted by Gasteiger charge is -2.27. The quantitative estimate of drug-likeness (QED) is 0.269. The first kappa shape index (κ1) is 26.3. The van der Waals surface area contributed by atoms with Crippen molar-refractivity contribution >= 4 is 17.3 Å². The molecule has 1 unspecified atom stereocenters. The van der Waals surface area contributed by atoms with E-state index < -0.39 is 0 Å². The number of aryl methyl sites for hydroxylation is 2. The van der Waals surface area contributed by atoms with Crippen LogP contribution in [-0.4, -0.2) is 11.5 Å². The van der Waals surface area contributed by atoms with Gasteiger partial charge in [0, 0.05) is 5.25 Å². The van der Waals surface area contributed by atoms with Gasteiger partial charge in [0.05, 0.1) is 0 Å². The highest BCUT2D eigenvalue weighted by molar-refractivity contribution is 7.99. The second-order valence-electron chi connectivity index (χ2n) is 9.11. The van der Waals surface area contributed by atoms with Crippen LogP contribution in [0.1, 0.15) is 75.6 Å². The Bertz CT molecular complexity index is 994. The number of thioether (sulfide) groups is 1. The molecule has 0 saturated carbocycles. The molecule has 2 rings (SSSR count). The van der Waals surface area contributed by atoms with Crippen LogP contribution in [-0.2, 0) is 6.42 Å². The zero-order chi connectivity index (χ0) is 24.0. The molecule has 1 atom stereocenters. The van der Waals surface area contributed by atoms with Crippen LogP contribution in [0.2, 0.25) is 0 Å². The van der Waals surface area contributed by atoms with Crippen molar-refractivity contribution in [1.82, 2.24) is 0 Å². The molecule has 32 heavy (non-hydrogen) atoms. The van der Waals surface area contributed by atoms with Crippen molar-refractivity contribution in [3.8, 4) is 0 Å². The summed E-state index contributed by atoms with van der Waals surface area (Å²) in [4.78, 5) is 0. The number of hydrogen-bond acceptors (Lipinski definition) is 1. The molecule has 0 heterocycles. The molecule has 0 amide bonds. The third-order valence-corrected chi connectivity index (χ3v) is 7.81. The van der Waals surface area contributed by atoms with Crippen LogP contribution in [0.3, 0.4) is 0 Å². The Morgan fingerprint density at radius 2 is 1.78 bits per heavy atom. The summed E-state index contributed by atoms with van der Waals surface area (Å²) in [5.74, 6) is 0. The number of rotatable bonds is 9. The predicted molar refractivity (Wildman–Crippen MR) is 149 cm³/mol. The van der Waals surface area contributed by atoms with E-state index in [0.717, 1.165) is 24.8 Å². The van der Waals surface area contributed by atoms with Crippen molar-refractivity contribution in [1.29, 1.82) is 0 Å². The fourth-order valence-corrected chi connectivity index (χ4v) is 5.37. The van der Waals surface area contributed by atoms with Crippen LogP contribution >= 0.6 is 11.8 Å². The Morgan fingerprint density at radius 1 is 1.12 bits per heavy atom. The SMILES string of the molecule is C=CC/C(C(=C)C)=C(/C=C(\C)C(=C)/C(CC)=C1/CCCc2c(C)ccc(C)c21)C(C)SC.